The molecule has 1 saturated heterocycles. The van der Waals surface area contributed by atoms with E-state index in [-0.39, 0.29) is 0 Å². The average Bonchev–Trinajstić information content (AvgIpc) is 3.25. The number of hydrazine groups is 1. The number of nitrogens with one attached hydrogen (secondary N) is 1. The van der Waals surface area contributed by atoms with E-state index in [4.69, 9.17) is 5.84 Å². The molecule has 0 aromatic carbocycles. The molecule has 0 spiro atoms. The molecule has 2 aliphatic rings. The van der Waals surface area contributed by atoms with Crippen molar-refractivity contribution in [1.82, 2.24) is 14.8 Å². The average molecular weight is 261 g/mol. The van der Waals surface area contributed by atoms with E-state index in [0.717, 1.165) is 37.1 Å². The molecule has 2 fully saturated rings. The third-order valence-corrected chi connectivity index (χ3v) is 4.02. The fourth-order valence-electron chi connectivity index (χ4n) is 2.67. The smallest absolute Gasteiger partial charge is 0.140 e. The van der Waals surface area contributed by atoms with Gasteiger partial charge in [0.2, 0.25) is 0 Å². The van der Waals surface area contributed by atoms with E-state index >= 15 is 0 Å². The van der Waals surface area contributed by atoms with Crippen molar-refractivity contribution in [1.29, 1.82) is 0 Å². The van der Waals surface area contributed by atoms with Crippen molar-refractivity contribution in [2.75, 3.05) is 38.1 Å². The summed E-state index contributed by atoms with van der Waals surface area (Å²) < 4.78 is 0. The Morgan fingerprint density at radius 1 is 1.16 bits per heavy atom. The van der Waals surface area contributed by atoms with Crippen molar-refractivity contribution in [3.05, 3.63) is 23.9 Å². The highest BCUT2D eigenvalue weighted by Gasteiger charge is 2.26. The van der Waals surface area contributed by atoms with Crippen LogP contribution >= 0.6 is 0 Å². The molecule has 1 aromatic rings. The lowest BCUT2D eigenvalue weighted by Crippen LogP contribution is -2.46. The number of nitrogens with two attached hydrogens (primary N) is 1. The number of anilines is 1. The lowest BCUT2D eigenvalue weighted by Gasteiger charge is -2.34. The molecule has 1 aliphatic carbocycles. The van der Waals surface area contributed by atoms with Crippen LogP contribution in [0, 0.1) is 5.92 Å². The van der Waals surface area contributed by atoms with Crippen molar-refractivity contribution in [2.24, 2.45) is 11.8 Å². The highest BCUT2D eigenvalue weighted by atomic mass is 15.3. The van der Waals surface area contributed by atoms with Crippen molar-refractivity contribution < 1.29 is 0 Å². The first-order chi connectivity index (χ1) is 9.33. The van der Waals surface area contributed by atoms with Crippen LogP contribution in [0.1, 0.15) is 18.5 Å². The molecule has 5 nitrogen and oxygen atoms in total. The largest absolute Gasteiger partial charge is 0.308 e. The fraction of sp³-hybridized carbons (Fsp3) is 0.643. The van der Waals surface area contributed by atoms with Gasteiger partial charge in [-0.15, -0.1) is 0 Å². The lowest BCUT2D eigenvalue weighted by molar-refractivity contribution is 0.122. The van der Waals surface area contributed by atoms with E-state index in [1.165, 1.54) is 32.5 Å². The van der Waals surface area contributed by atoms with Gasteiger partial charge in [-0.25, -0.2) is 10.8 Å². The molecule has 0 bridgehead atoms. The summed E-state index contributed by atoms with van der Waals surface area (Å²) in [7, 11) is 0. The maximum absolute atomic E-state index is 5.39. The molecule has 0 amide bonds. The zero-order valence-corrected chi connectivity index (χ0v) is 11.4. The van der Waals surface area contributed by atoms with E-state index in [9.17, 15) is 0 Å². The van der Waals surface area contributed by atoms with Crippen LogP contribution in [-0.2, 0) is 6.54 Å². The SMILES string of the molecule is NNc1cccc(CN2CCN(CC3CC3)CC2)n1. The summed E-state index contributed by atoms with van der Waals surface area (Å²) in [6.45, 7) is 6.94. The van der Waals surface area contributed by atoms with Gasteiger partial charge in [0.05, 0.1) is 5.69 Å². The molecule has 1 saturated carbocycles. The monoisotopic (exact) mass is 261 g/mol. The molecular weight excluding hydrogens is 238 g/mol. The summed E-state index contributed by atoms with van der Waals surface area (Å²) >= 11 is 0. The van der Waals surface area contributed by atoms with Gasteiger partial charge in [0.25, 0.3) is 0 Å². The minimum atomic E-state index is 0.741. The van der Waals surface area contributed by atoms with Gasteiger partial charge in [0, 0.05) is 39.3 Å². The van der Waals surface area contributed by atoms with Crippen LogP contribution in [0.15, 0.2) is 18.2 Å². The summed E-state index contributed by atoms with van der Waals surface area (Å²) in [5, 5.41) is 0. The number of hydrogen-bond acceptors (Lipinski definition) is 5. The minimum Gasteiger partial charge on any atom is -0.308 e. The Morgan fingerprint density at radius 3 is 2.58 bits per heavy atom. The van der Waals surface area contributed by atoms with E-state index in [1.54, 1.807) is 0 Å². The second-order valence-corrected chi connectivity index (χ2v) is 5.68. The van der Waals surface area contributed by atoms with Crippen LogP contribution in [0.2, 0.25) is 0 Å². The molecule has 104 valence electrons. The van der Waals surface area contributed by atoms with Gasteiger partial charge in [-0.2, -0.15) is 0 Å². The summed E-state index contributed by atoms with van der Waals surface area (Å²) in [5.74, 6) is 7.13. The van der Waals surface area contributed by atoms with E-state index in [0.29, 0.717) is 0 Å². The topological polar surface area (TPSA) is 57.4 Å². The first-order valence-electron chi connectivity index (χ1n) is 7.21. The van der Waals surface area contributed by atoms with Gasteiger partial charge in [-0.05, 0) is 30.9 Å². The Hall–Kier alpha value is -1.17. The maximum atomic E-state index is 5.39. The van der Waals surface area contributed by atoms with Crippen molar-refractivity contribution in [3.8, 4) is 0 Å². The first-order valence-corrected chi connectivity index (χ1v) is 7.21. The summed E-state index contributed by atoms with van der Waals surface area (Å²) in [6.07, 6.45) is 2.89. The molecule has 19 heavy (non-hydrogen) atoms. The van der Waals surface area contributed by atoms with Crippen LogP contribution in [0.3, 0.4) is 0 Å². The van der Waals surface area contributed by atoms with Crippen molar-refractivity contribution in [2.45, 2.75) is 19.4 Å². The minimum absolute atomic E-state index is 0.741. The van der Waals surface area contributed by atoms with E-state index in [1.807, 2.05) is 12.1 Å². The molecule has 0 radical (unpaired) electrons. The standard InChI is InChI=1S/C14H23N5/c15-17-14-3-1-2-13(16-14)11-19-8-6-18(7-9-19)10-12-4-5-12/h1-3,12H,4-11,15H2,(H,16,17). The second kappa shape index (κ2) is 5.86. The number of hydrogen-bond donors (Lipinski definition) is 2. The molecule has 0 atom stereocenters. The van der Waals surface area contributed by atoms with Crippen LogP contribution < -0.4 is 11.3 Å². The third-order valence-electron chi connectivity index (χ3n) is 4.02. The third kappa shape index (κ3) is 3.65. The number of nitrogen functional groups attached to an aromatic ring is 1. The Balaban J connectivity index is 1.48. The maximum Gasteiger partial charge on any atom is 0.140 e. The molecule has 3 N–H and O–H groups in total. The zero-order chi connectivity index (χ0) is 13.1. The van der Waals surface area contributed by atoms with Crippen LogP contribution in [0.25, 0.3) is 0 Å². The Labute approximate surface area is 114 Å². The van der Waals surface area contributed by atoms with Crippen molar-refractivity contribution in [3.63, 3.8) is 0 Å². The molecule has 1 aliphatic heterocycles. The Kier molecular flexibility index (Phi) is 3.96. The normalized spacial score (nSPS) is 21.5. The predicted octanol–water partition coefficient (Wildman–Crippen LogP) is 0.895. The number of rotatable bonds is 5. The first kappa shape index (κ1) is 12.8. The quantitative estimate of drug-likeness (QED) is 0.609. The molecule has 2 heterocycles. The number of pyridine rings is 1. The molecule has 1 aromatic heterocycles. The van der Waals surface area contributed by atoms with Crippen LogP contribution in [0.5, 0.6) is 0 Å². The highest BCUT2D eigenvalue weighted by Crippen LogP contribution is 2.29. The van der Waals surface area contributed by atoms with Crippen LogP contribution in [-0.4, -0.2) is 47.5 Å². The van der Waals surface area contributed by atoms with E-state index < -0.39 is 0 Å². The van der Waals surface area contributed by atoms with Gasteiger partial charge in [0.15, 0.2) is 0 Å². The van der Waals surface area contributed by atoms with Gasteiger partial charge < -0.3 is 10.3 Å². The molecule has 0 unspecified atom stereocenters. The molecular formula is C14H23N5. The predicted molar refractivity (Wildman–Crippen MR) is 76.5 cm³/mol. The number of aromatic nitrogens is 1. The summed E-state index contributed by atoms with van der Waals surface area (Å²) in [4.78, 5) is 9.56. The van der Waals surface area contributed by atoms with Crippen molar-refractivity contribution >= 4 is 5.82 Å². The van der Waals surface area contributed by atoms with Gasteiger partial charge in [-0.3, -0.25) is 4.90 Å². The summed E-state index contributed by atoms with van der Waals surface area (Å²) in [5.41, 5.74) is 3.69. The van der Waals surface area contributed by atoms with Gasteiger partial charge in [-0.1, -0.05) is 6.07 Å². The van der Waals surface area contributed by atoms with Crippen LogP contribution in [0.4, 0.5) is 5.82 Å². The van der Waals surface area contributed by atoms with E-state index in [2.05, 4.69) is 26.3 Å². The number of nitrogens with zero attached hydrogens (tertiary/aromatic N) is 3. The summed E-state index contributed by atoms with van der Waals surface area (Å²) in [6, 6.07) is 5.95. The lowest BCUT2D eigenvalue weighted by atomic mass is 10.2. The highest BCUT2D eigenvalue weighted by molar-refractivity contribution is 5.33. The molecule has 3 rings (SSSR count). The zero-order valence-electron chi connectivity index (χ0n) is 11.4. The fourth-order valence-corrected chi connectivity index (χ4v) is 2.67. The Bertz CT molecular complexity index is 410. The molecule has 5 heteroatoms. The van der Waals surface area contributed by atoms with Gasteiger partial charge in [0.1, 0.15) is 5.82 Å². The Morgan fingerprint density at radius 2 is 1.89 bits per heavy atom. The van der Waals surface area contributed by atoms with Gasteiger partial charge >= 0.3 is 0 Å². The second-order valence-electron chi connectivity index (χ2n) is 5.68. The number of piperazine rings is 1.